The van der Waals surface area contributed by atoms with Crippen molar-refractivity contribution in [2.75, 3.05) is 13.2 Å². The van der Waals surface area contributed by atoms with Crippen molar-refractivity contribution in [3.05, 3.63) is 0 Å². The van der Waals surface area contributed by atoms with Crippen LogP contribution in [0.15, 0.2) is 0 Å². The van der Waals surface area contributed by atoms with E-state index in [1.54, 1.807) is 6.92 Å². The van der Waals surface area contributed by atoms with Crippen LogP contribution in [0.1, 0.15) is 26.2 Å². The molecule has 0 atom stereocenters. The Morgan fingerprint density at radius 1 is 1.33 bits per heavy atom. The van der Waals surface area contributed by atoms with Crippen LogP contribution in [0.3, 0.4) is 0 Å². The van der Waals surface area contributed by atoms with Crippen molar-refractivity contribution in [1.29, 1.82) is 0 Å². The Morgan fingerprint density at radius 2 is 1.92 bits per heavy atom. The van der Waals surface area contributed by atoms with E-state index < -0.39 is 0 Å². The lowest BCUT2D eigenvalue weighted by Crippen LogP contribution is -2.05. The number of rotatable bonds is 5. The molecule has 76 valence electrons. The number of esters is 1. The predicted octanol–water partition coefficient (Wildman–Crippen LogP) is 1.52. The minimum Gasteiger partial charge on any atom is -0.466 e. The van der Waals surface area contributed by atoms with Gasteiger partial charge in [-0.25, -0.2) is 0 Å². The summed E-state index contributed by atoms with van der Waals surface area (Å²) in [4.78, 5) is 10.7. The molecule has 12 heavy (non-hydrogen) atoms. The standard InChI is InChI=1S/C7H15NO2.2ClH/c1-2-10-7(9)5-3-4-6-8;;/h2-6,8H2,1H3;2*1H. The van der Waals surface area contributed by atoms with Gasteiger partial charge >= 0.3 is 5.97 Å². The van der Waals surface area contributed by atoms with Crippen molar-refractivity contribution in [2.24, 2.45) is 5.73 Å². The molecule has 2 N–H and O–H groups in total. The van der Waals surface area contributed by atoms with Gasteiger partial charge in [-0.1, -0.05) is 0 Å². The SMILES string of the molecule is CCOC(=O)CCCCN.Cl.Cl. The highest BCUT2D eigenvalue weighted by Gasteiger charge is 1.98. The van der Waals surface area contributed by atoms with E-state index >= 15 is 0 Å². The van der Waals surface area contributed by atoms with Crippen LogP contribution < -0.4 is 5.73 Å². The molecule has 0 heterocycles. The lowest BCUT2D eigenvalue weighted by Gasteiger charge is -1.99. The molecule has 0 bridgehead atoms. The Kier molecular flexibility index (Phi) is 20.3. The molecule has 0 radical (unpaired) electrons. The minimum absolute atomic E-state index is 0. The fourth-order valence-corrected chi connectivity index (χ4v) is 0.647. The molecule has 0 aliphatic rings. The maximum atomic E-state index is 10.7. The minimum atomic E-state index is -0.115. The van der Waals surface area contributed by atoms with Crippen molar-refractivity contribution < 1.29 is 9.53 Å². The number of carbonyl (C=O) groups is 1. The molecule has 5 heteroatoms. The van der Waals surface area contributed by atoms with Crippen LogP contribution in [0.5, 0.6) is 0 Å². The van der Waals surface area contributed by atoms with Crippen molar-refractivity contribution >= 4 is 30.8 Å². The molecule has 0 spiro atoms. The van der Waals surface area contributed by atoms with Crippen LogP contribution in [-0.4, -0.2) is 19.1 Å². The highest BCUT2D eigenvalue weighted by Crippen LogP contribution is 1.95. The normalized spacial score (nSPS) is 7.83. The first-order chi connectivity index (χ1) is 4.81. The zero-order valence-corrected chi connectivity index (χ0v) is 8.88. The summed E-state index contributed by atoms with van der Waals surface area (Å²) < 4.78 is 4.71. The zero-order chi connectivity index (χ0) is 7.82. The number of nitrogens with two attached hydrogens (primary N) is 1. The smallest absolute Gasteiger partial charge is 0.305 e. The van der Waals surface area contributed by atoms with Crippen molar-refractivity contribution in [3.63, 3.8) is 0 Å². The first-order valence-electron chi connectivity index (χ1n) is 3.67. The third kappa shape index (κ3) is 12.7. The van der Waals surface area contributed by atoms with E-state index in [-0.39, 0.29) is 30.8 Å². The molecule has 0 aliphatic carbocycles. The van der Waals surface area contributed by atoms with E-state index in [2.05, 4.69) is 0 Å². The predicted molar refractivity (Wildman–Crippen MR) is 54.0 cm³/mol. The summed E-state index contributed by atoms with van der Waals surface area (Å²) in [6.07, 6.45) is 2.25. The Balaban J connectivity index is -0.000000405. The number of unbranched alkanes of at least 4 members (excludes halogenated alkanes) is 1. The van der Waals surface area contributed by atoms with Crippen LogP contribution in [0.4, 0.5) is 0 Å². The third-order valence-electron chi connectivity index (χ3n) is 1.14. The van der Waals surface area contributed by atoms with Crippen LogP contribution in [-0.2, 0) is 9.53 Å². The van der Waals surface area contributed by atoms with Crippen LogP contribution in [0.2, 0.25) is 0 Å². The average molecular weight is 218 g/mol. The maximum Gasteiger partial charge on any atom is 0.305 e. The highest BCUT2D eigenvalue weighted by atomic mass is 35.5. The van der Waals surface area contributed by atoms with Gasteiger partial charge in [0.25, 0.3) is 0 Å². The van der Waals surface area contributed by atoms with Crippen molar-refractivity contribution in [1.82, 2.24) is 0 Å². The molecule has 3 nitrogen and oxygen atoms in total. The largest absolute Gasteiger partial charge is 0.466 e. The van der Waals surface area contributed by atoms with Gasteiger partial charge in [0.2, 0.25) is 0 Å². The Bertz CT molecular complexity index is 101. The summed E-state index contributed by atoms with van der Waals surface area (Å²) in [5, 5.41) is 0. The van der Waals surface area contributed by atoms with Crippen molar-refractivity contribution in [3.8, 4) is 0 Å². The zero-order valence-electron chi connectivity index (χ0n) is 7.25. The van der Waals surface area contributed by atoms with Gasteiger partial charge < -0.3 is 10.5 Å². The van der Waals surface area contributed by atoms with E-state index in [1.807, 2.05) is 0 Å². The molecule has 0 saturated heterocycles. The number of carbonyl (C=O) groups excluding carboxylic acids is 1. The molecular weight excluding hydrogens is 201 g/mol. The van der Waals surface area contributed by atoms with Gasteiger partial charge in [0.05, 0.1) is 6.61 Å². The van der Waals surface area contributed by atoms with E-state index in [9.17, 15) is 4.79 Å². The summed E-state index contributed by atoms with van der Waals surface area (Å²) in [6, 6.07) is 0. The molecule has 0 aromatic carbocycles. The third-order valence-corrected chi connectivity index (χ3v) is 1.14. The lowest BCUT2D eigenvalue weighted by atomic mass is 10.2. The molecule has 0 rings (SSSR count). The highest BCUT2D eigenvalue weighted by molar-refractivity contribution is 5.85. The average Bonchev–Trinajstić information content (AvgIpc) is 1.89. The van der Waals surface area contributed by atoms with Crippen LogP contribution in [0, 0.1) is 0 Å². The lowest BCUT2D eigenvalue weighted by molar-refractivity contribution is -0.143. The second kappa shape index (κ2) is 13.6. The van der Waals surface area contributed by atoms with Crippen LogP contribution >= 0.6 is 24.8 Å². The van der Waals surface area contributed by atoms with Gasteiger partial charge in [0.1, 0.15) is 0 Å². The molecule has 0 aromatic heterocycles. The molecule has 0 aliphatic heterocycles. The summed E-state index contributed by atoms with van der Waals surface area (Å²) in [7, 11) is 0. The molecule has 0 unspecified atom stereocenters. The topological polar surface area (TPSA) is 52.3 Å². The van der Waals surface area contributed by atoms with Gasteiger partial charge in [-0.2, -0.15) is 0 Å². The fraction of sp³-hybridized carbons (Fsp3) is 0.857. The van der Waals surface area contributed by atoms with Gasteiger partial charge in [-0.15, -0.1) is 24.8 Å². The summed E-state index contributed by atoms with van der Waals surface area (Å²) in [6.45, 7) is 2.93. The van der Waals surface area contributed by atoms with Gasteiger partial charge in [0, 0.05) is 6.42 Å². The Morgan fingerprint density at radius 3 is 2.33 bits per heavy atom. The summed E-state index contributed by atoms with van der Waals surface area (Å²) in [5.74, 6) is -0.115. The monoisotopic (exact) mass is 217 g/mol. The number of ether oxygens (including phenoxy) is 1. The summed E-state index contributed by atoms with van der Waals surface area (Å²) >= 11 is 0. The quantitative estimate of drug-likeness (QED) is 0.562. The molecule has 0 saturated carbocycles. The van der Waals surface area contributed by atoms with Crippen molar-refractivity contribution in [2.45, 2.75) is 26.2 Å². The van der Waals surface area contributed by atoms with Crippen LogP contribution in [0.25, 0.3) is 0 Å². The van der Waals surface area contributed by atoms with E-state index in [1.165, 1.54) is 0 Å². The molecule has 0 aromatic rings. The number of halogens is 2. The molecular formula is C7H17Cl2NO2. The van der Waals surface area contributed by atoms with Gasteiger partial charge in [-0.3, -0.25) is 4.79 Å². The molecule has 0 fully saturated rings. The first-order valence-corrected chi connectivity index (χ1v) is 3.67. The summed E-state index contributed by atoms with van der Waals surface area (Å²) in [5.41, 5.74) is 5.24. The van der Waals surface area contributed by atoms with Gasteiger partial charge in [-0.05, 0) is 26.3 Å². The number of hydrogen-bond acceptors (Lipinski definition) is 3. The van der Waals surface area contributed by atoms with E-state index in [0.29, 0.717) is 19.6 Å². The Hall–Kier alpha value is 0.01000. The van der Waals surface area contributed by atoms with E-state index in [4.69, 9.17) is 10.5 Å². The second-order valence-corrected chi connectivity index (χ2v) is 2.05. The Labute approximate surface area is 85.9 Å². The van der Waals surface area contributed by atoms with Gasteiger partial charge in [0.15, 0.2) is 0 Å². The number of hydrogen-bond donors (Lipinski definition) is 1. The second-order valence-electron chi connectivity index (χ2n) is 2.05. The maximum absolute atomic E-state index is 10.7. The fourth-order valence-electron chi connectivity index (χ4n) is 0.647. The van der Waals surface area contributed by atoms with E-state index in [0.717, 1.165) is 12.8 Å². The molecule has 0 amide bonds. The first kappa shape index (κ1) is 17.9.